The van der Waals surface area contributed by atoms with Gasteiger partial charge in [0, 0.05) is 0 Å². The van der Waals surface area contributed by atoms with E-state index in [-0.39, 0.29) is 12.5 Å². The molecule has 0 aromatic heterocycles. The third kappa shape index (κ3) is 4.39. The highest BCUT2D eigenvalue weighted by atomic mass is 16.5. The van der Waals surface area contributed by atoms with Gasteiger partial charge < -0.3 is 19.5 Å². The molecular weight excluding hydrogens is 294 g/mol. The Labute approximate surface area is 136 Å². The molecule has 2 rings (SSSR count). The molecule has 0 saturated carbocycles. The summed E-state index contributed by atoms with van der Waals surface area (Å²) in [5.41, 5.74) is 1.76. The molecule has 0 spiro atoms. The van der Waals surface area contributed by atoms with Gasteiger partial charge >= 0.3 is 0 Å². The fraction of sp³-hybridized carbons (Fsp3) is 0.278. The van der Waals surface area contributed by atoms with E-state index in [9.17, 15) is 4.79 Å². The van der Waals surface area contributed by atoms with Gasteiger partial charge in [-0.2, -0.15) is 0 Å². The number of ether oxygens (including phenoxy) is 3. The van der Waals surface area contributed by atoms with Gasteiger partial charge in [-0.3, -0.25) is 4.79 Å². The Bertz CT molecular complexity index is 670. The van der Waals surface area contributed by atoms with Gasteiger partial charge in [-0.15, -0.1) is 0 Å². The highest BCUT2D eigenvalue weighted by molar-refractivity contribution is 5.93. The van der Waals surface area contributed by atoms with Gasteiger partial charge in [0.1, 0.15) is 5.75 Å². The van der Waals surface area contributed by atoms with Crippen LogP contribution in [0.3, 0.4) is 0 Å². The van der Waals surface area contributed by atoms with Crippen molar-refractivity contribution in [3.8, 4) is 17.2 Å². The van der Waals surface area contributed by atoms with Gasteiger partial charge in [0.05, 0.1) is 19.9 Å². The Kier molecular flexibility index (Phi) is 5.86. The summed E-state index contributed by atoms with van der Waals surface area (Å²) in [6, 6.07) is 12.9. The van der Waals surface area contributed by atoms with Crippen molar-refractivity contribution in [2.24, 2.45) is 0 Å². The molecule has 1 amide bonds. The van der Waals surface area contributed by atoms with Crippen LogP contribution in [0.25, 0.3) is 0 Å². The first-order chi connectivity index (χ1) is 11.2. The molecule has 0 fully saturated rings. The van der Waals surface area contributed by atoms with Crippen LogP contribution in [0.4, 0.5) is 5.69 Å². The zero-order valence-corrected chi connectivity index (χ0v) is 13.6. The maximum absolute atomic E-state index is 12.1. The van der Waals surface area contributed by atoms with Crippen molar-refractivity contribution in [1.82, 2.24) is 0 Å². The van der Waals surface area contributed by atoms with E-state index in [1.54, 1.807) is 26.4 Å². The van der Waals surface area contributed by atoms with Crippen LogP contribution in [0.1, 0.15) is 12.5 Å². The summed E-state index contributed by atoms with van der Waals surface area (Å²) >= 11 is 0. The number of rotatable bonds is 7. The minimum Gasteiger partial charge on any atom is -0.495 e. The largest absolute Gasteiger partial charge is 0.495 e. The number of para-hydroxylation sites is 2. The quantitative estimate of drug-likeness (QED) is 0.852. The van der Waals surface area contributed by atoms with Crippen LogP contribution in [0.2, 0.25) is 0 Å². The molecule has 2 aromatic carbocycles. The zero-order valence-electron chi connectivity index (χ0n) is 13.6. The van der Waals surface area contributed by atoms with Gasteiger partial charge in [-0.25, -0.2) is 0 Å². The number of benzene rings is 2. The summed E-state index contributed by atoms with van der Waals surface area (Å²) in [5, 5.41) is 2.81. The van der Waals surface area contributed by atoms with E-state index >= 15 is 0 Å². The van der Waals surface area contributed by atoms with Crippen molar-refractivity contribution in [3.63, 3.8) is 0 Å². The van der Waals surface area contributed by atoms with Gasteiger partial charge in [0.15, 0.2) is 18.1 Å². The molecule has 0 bridgehead atoms. The van der Waals surface area contributed by atoms with E-state index in [2.05, 4.69) is 12.2 Å². The first-order valence-corrected chi connectivity index (χ1v) is 7.40. The summed E-state index contributed by atoms with van der Waals surface area (Å²) in [5.74, 6) is 1.47. The molecule has 1 N–H and O–H groups in total. The van der Waals surface area contributed by atoms with E-state index < -0.39 is 0 Å². The first-order valence-electron chi connectivity index (χ1n) is 7.40. The van der Waals surface area contributed by atoms with Crippen LogP contribution in [0.15, 0.2) is 42.5 Å². The highest BCUT2D eigenvalue weighted by Crippen LogP contribution is 2.27. The highest BCUT2D eigenvalue weighted by Gasteiger charge is 2.10. The summed E-state index contributed by atoms with van der Waals surface area (Å²) in [4.78, 5) is 12.1. The van der Waals surface area contributed by atoms with E-state index in [1.807, 2.05) is 30.3 Å². The molecule has 0 aliphatic rings. The maximum atomic E-state index is 12.1. The van der Waals surface area contributed by atoms with Crippen LogP contribution in [-0.4, -0.2) is 26.7 Å². The lowest BCUT2D eigenvalue weighted by Crippen LogP contribution is -2.20. The van der Waals surface area contributed by atoms with Crippen molar-refractivity contribution >= 4 is 11.6 Å². The zero-order chi connectivity index (χ0) is 16.7. The number of carbonyl (C=O) groups excluding carboxylic acids is 1. The van der Waals surface area contributed by atoms with Crippen molar-refractivity contribution in [2.75, 3.05) is 26.1 Å². The fourth-order valence-electron chi connectivity index (χ4n) is 2.14. The Morgan fingerprint density at radius 1 is 1.00 bits per heavy atom. The molecule has 0 unspecified atom stereocenters. The number of hydrogen-bond acceptors (Lipinski definition) is 4. The van der Waals surface area contributed by atoms with E-state index in [1.165, 1.54) is 0 Å². The minimum atomic E-state index is -0.262. The van der Waals surface area contributed by atoms with Crippen LogP contribution in [-0.2, 0) is 11.2 Å². The fourth-order valence-corrected chi connectivity index (χ4v) is 2.14. The molecule has 0 aliphatic heterocycles. The third-order valence-corrected chi connectivity index (χ3v) is 3.37. The summed E-state index contributed by atoms with van der Waals surface area (Å²) in [6.45, 7) is 1.94. The van der Waals surface area contributed by atoms with Crippen LogP contribution >= 0.6 is 0 Å². The van der Waals surface area contributed by atoms with Crippen molar-refractivity contribution in [2.45, 2.75) is 13.3 Å². The average molecular weight is 315 g/mol. The van der Waals surface area contributed by atoms with Crippen LogP contribution in [0.5, 0.6) is 17.2 Å². The minimum absolute atomic E-state index is 0.111. The second-order valence-electron chi connectivity index (χ2n) is 4.88. The lowest BCUT2D eigenvalue weighted by Gasteiger charge is -2.13. The Morgan fingerprint density at radius 2 is 1.70 bits per heavy atom. The standard InChI is InChI=1S/C18H21NO4/c1-4-13-9-10-15(21-2)14(11-13)19-18(20)12-23-17-8-6-5-7-16(17)22-3/h5-11H,4,12H2,1-3H3,(H,19,20). The van der Waals surface area contributed by atoms with Gasteiger partial charge in [-0.05, 0) is 36.2 Å². The third-order valence-electron chi connectivity index (χ3n) is 3.37. The van der Waals surface area contributed by atoms with Gasteiger partial charge in [0.2, 0.25) is 0 Å². The van der Waals surface area contributed by atoms with Crippen LogP contribution in [0, 0.1) is 0 Å². The normalized spacial score (nSPS) is 10.0. The lowest BCUT2D eigenvalue weighted by atomic mass is 10.1. The van der Waals surface area contributed by atoms with Crippen molar-refractivity contribution < 1.29 is 19.0 Å². The molecule has 122 valence electrons. The van der Waals surface area contributed by atoms with Crippen molar-refractivity contribution in [1.29, 1.82) is 0 Å². The number of nitrogens with one attached hydrogen (secondary N) is 1. The Hall–Kier alpha value is -2.69. The van der Waals surface area contributed by atoms with E-state index in [0.29, 0.717) is 22.9 Å². The molecule has 0 atom stereocenters. The predicted octanol–water partition coefficient (Wildman–Crippen LogP) is 3.28. The number of anilines is 1. The monoisotopic (exact) mass is 315 g/mol. The van der Waals surface area contributed by atoms with E-state index in [0.717, 1.165) is 12.0 Å². The molecule has 0 saturated heterocycles. The topological polar surface area (TPSA) is 56.8 Å². The number of carbonyl (C=O) groups is 1. The second-order valence-corrected chi connectivity index (χ2v) is 4.88. The molecular formula is C18H21NO4. The maximum Gasteiger partial charge on any atom is 0.262 e. The predicted molar refractivity (Wildman–Crippen MR) is 89.5 cm³/mol. The summed E-state index contributed by atoms with van der Waals surface area (Å²) < 4.78 is 16.0. The van der Waals surface area contributed by atoms with Gasteiger partial charge in [-0.1, -0.05) is 25.1 Å². The SMILES string of the molecule is CCc1ccc(OC)c(NC(=O)COc2ccccc2OC)c1. The Balaban J connectivity index is 2.02. The molecule has 23 heavy (non-hydrogen) atoms. The van der Waals surface area contributed by atoms with E-state index in [4.69, 9.17) is 14.2 Å². The smallest absolute Gasteiger partial charge is 0.262 e. The van der Waals surface area contributed by atoms with Crippen LogP contribution < -0.4 is 19.5 Å². The molecule has 0 heterocycles. The number of methoxy groups -OCH3 is 2. The Morgan fingerprint density at radius 3 is 2.35 bits per heavy atom. The molecule has 5 heteroatoms. The lowest BCUT2D eigenvalue weighted by molar-refractivity contribution is -0.118. The van der Waals surface area contributed by atoms with Gasteiger partial charge in [0.25, 0.3) is 5.91 Å². The second kappa shape index (κ2) is 8.08. The molecule has 2 aromatic rings. The number of hydrogen-bond donors (Lipinski definition) is 1. The first kappa shape index (κ1) is 16.7. The average Bonchev–Trinajstić information content (AvgIpc) is 2.60. The van der Waals surface area contributed by atoms with Crippen molar-refractivity contribution in [3.05, 3.63) is 48.0 Å². The number of amides is 1. The molecule has 0 radical (unpaired) electrons. The summed E-state index contributed by atoms with van der Waals surface area (Å²) in [6.07, 6.45) is 0.880. The summed E-state index contributed by atoms with van der Waals surface area (Å²) in [7, 11) is 3.13. The molecule has 5 nitrogen and oxygen atoms in total. The molecule has 0 aliphatic carbocycles. The number of aryl methyl sites for hydroxylation is 1.